The fourth-order valence-electron chi connectivity index (χ4n) is 2.43. The fourth-order valence-corrected chi connectivity index (χ4v) is 2.43. The van der Waals surface area contributed by atoms with E-state index in [-0.39, 0.29) is 12.3 Å². The van der Waals surface area contributed by atoms with E-state index in [1.54, 1.807) is 45.0 Å². The third kappa shape index (κ3) is 5.54. The van der Waals surface area contributed by atoms with Crippen molar-refractivity contribution in [3.63, 3.8) is 0 Å². The average molecular weight is 342 g/mol. The Morgan fingerprint density at radius 1 is 1.25 bits per heavy atom. The Morgan fingerprint density at radius 2 is 1.88 bits per heavy atom. The molecule has 132 valence electrons. The lowest BCUT2D eigenvalue weighted by molar-refractivity contribution is -0.0539. The molecule has 2 rings (SSSR count). The lowest BCUT2D eigenvalue weighted by Crippen LogP contribution is -2.24. The normalized spacial score (nSPS) is 19.1. The number of ether oxygens (including phenoxy) is 1. The standard InChI is InChI=1S/C17H21F3N2O2/c1-16(2,3)24-15(23)12-4-6-14(7-5-12)22-9-8-13(10-22)21-11-17(18,19)20/h4-7,11,13H,8-10H2,1-3H3/t13-/m0/s1. The number of esters is 1. The second kappa shape index (κ2) is 6.83. The molecule has 1 aliphatic rings. The van der Waals surface area contributed by atoms with Crippen molar-refractivity contribution in [1.82, 2.24) is 0 Å². The largest absolute Gasteiger partial charge is 0.456 e. The Kier molecular flexibility index (Phi) is 5.20. The molecule has 1 atom stereocenters. The van der Waals surface area contributed by atoms with Gasteiger partial charge in [0.15, 0.2) is 0 Å². The number of rotatable bonds is 3. The third-order valence-corrected chi connectivity index (χ3v) is 3.46. The quantitative estimate of drug-likeness (QED) is 0.619. The van der Waals surface area contributed by atoms with Gasteiger partial charge in [0.05, 0.1) is 11.6 Å². The minimum absolute atomic E-state index is 0.0623. The lowest BCUT2D eigenvalue weighted by atomic mass is 10.1. The van der Waals surface area contributed by atoms with Crippen LogP contribution in [0.3, 0.4) is 0 Å². The Hall–Kier alpha value is -2.05. The van der Waals surface area contributed by atoms with E-state index in [1.807, 2.05) is 4.90 Å². The van der Waals surface area contributed by atoms with Gasteiger partial charge >= 0.3 is 12.1 Å². The number of anilines is 1. The van der Waals surface area contributed by atoms with Crippen LogP contribution in [0.5, 0.6) is 0 Å². The maximum absolute atomic E-state index is 12.2. The van der Waals surface area contributed by atoms with E-state index < -0.39 is 17.7 Å². The van der Waals surface area contributed by atoms with E-state index in [0.29, 0.717) is 25.1 Å². The molecule has 0 bridgehead atoms. The SMILES string of the molecule is CC(C)(C)OC(=O)c1ccc(N2CC[C@H](N=CC(F)(F)F)C2)cc1. The van der Waals surface area contributed by atoms with Crippen molar-refractivity contribution in [2.24, 2.45) is 4.99 Å². The van der Waals surface area contributed by atoms with E-state index in [2.05, 4.69) is 4.99 Å². The van der Waals surface area contributed by atoms with Crippen molar-refractivity contribution in [2.75, 3.05) is 18.0 Å². The topological polar surface area (TPSA) is 41.9 Å². The van der Waals surface area contributed by atoms with Crippen LogP contribution >= 0.6 is 0 Å². The number of aliphatic imine (C=N–C) groups is 1. The van der Waals surface area contributed by atoms with Crippen LogP contribution in [0, 0.1) is 0 Å². The third-order valence-electron chi connectivity index (χ3n) is 3.46. The number of hydrogen-bond donors (Lipinski definition) is 0. The summed E-state index contributed by atoms with van der Waals surface area (Å²) in [6, 6.07) is 6.51. The monoisotopic (exact) mass is 342 g/mol. The van der Waals surface area contributed by atoms with E-state index >= 15 is 0 Å². The van der Waals surface area contributed by atoms with Crippen LogP contribution in [-0.2, 0) is 4.74 Å². The number of carbonyl (C=O) groups excluding carboxylic acids is 1. The molecule has 1 heterocycles. The molecule has 0 unspecified atom stereocenters. The second-order valence-corrected chi connectivity index (χ2v) is 6.76. The van der Waals surface area contributed by atoms with Crippen molar-refractivity contribution >= 4 is 17.9 Å². The minimum atomic E-state index is -4.37. The van der Waals surface area contributed by atoms with Gasteiger partial charge in [-0.15, -0.1) is 0 Å². The van der Waals surface area contributed by atoms with Crippen molar-refractivity contribution in [1.29, 1.82) is 0 Å². The molecule has 0 aliphatic carbocycles. The van der Waals surface area contributed by atoms with Crippen LogP contribution in [0.15, 0.2) is 29.3 Å². The van der Waals surface area contributed by atoms with Gasteiger partial charge in [0, 0.05) is 18.8 Å². The molecule has 0 aromatic heterocycles. The number of hydrogen-bond acceptors (Lipinski definition) is 4. The molecular formula is C17H21F3N2O2. The minimum Gasteiger partial charge on any atom is -0.456 e. The summed E-state index contributed by atoms with van der Waals surface area (Å²) in [7, 11) is 0. The number of halogens is 3. The number of alkyl halides is 3. The summed E-state index contributed by atoms with van der Waals surface area (Å²) in [5, 5.41) is 0. The van der Waals surface area contributed by atoms with Crippen LogP contribution in [0.1, 0.15) is 37.6 Å². The lowest BCUT2D eigenvalue weighted by Gasteiger charge is -2.20. The predicted octanol–water partition coefficient (Wildman–Crippen LogP) is 3.85. The van der Waals surface area contributed by atoms with Gasteiger partial charge in [0.25, 0.3) is 0 Å². The molecule has 24 heavy (non-hydrogen) atoms. The van der Waals surface area contributed by atoms with Crippen molar-refractivity contribution in [3.05, 3.63) is 29.8 Å². The number of nitrogens with zero attached hydrogens (tertiary/aromatic N) is 2. The van der Waals surface area contributed by atoms with Gasteiger partial charge in [-0.2, -0.15) is 13.2 Å². The summed E-state index contributed by atoms with van der Waals surface area (Å²) in [6.07, 6.45) is -3.74. The first-order valence-corrected chi connectivity index (χ1v) is 7.73. The Morgan fingerprint density at radius 3 is 2.42 bits per heavy atom. The molecule has 1 aliphatic heterocycles. The fraction of sp³-hybridized carbons (Fsp3) is 0.529. The molecule has 4 nitrogen and oxygen atoms in total. The van der Waals surface area contributed by atoms with Crippen LogP contribution < -0.4 is 4.90 Å². The summed E-state index contributed by atoms with van der Waals surface area (Å²) in [5.74, 6) is -0.400. The molecule has 1 saturated heterocycles. The first-order chi connectivity index (χ1) is 11.0. The zero-order chi connectivity index (χ0) is 18.0. The van der Waals surface area contributed by atoms with E-state index in [1.165, 1.54) is 0 Å². The summed E-state index contributed by atoms with van der Waals surface area (Å²) >= 11 is 0. The molecule has 0 saturated carbocycles. The summed E-state index contributed by atoms with van der Waals surface area (Å²) in [4.78, 5) is 17.5. The Labute approximate surface area is 139 Å². The van der Waals surface area contributed by atoms with Gasteiger partial charge in [-0.3, -0.25) is 4.99 Å². The highest BCUT2D eigenvalue weighted by atomic mass is 19.4. The van der Waals surface area contributed by atoms with Gasteiger partial charge in [-0.25, -0.2) is 4.79 Å². The van der Waals surface area contributed by atoms with Gasteiger partial charge in [0.2, 0.25) is 0 Å². The number of carbonyl (C=O) groups is 1. The first-order valence-electron chi connectivity index (χ1n) is 7.73. The molecule has 0 amide bonds. The molecule has 0 radical (unpaired) electrons. The van der Waals surface area contributed by atoms with Crippen LogP contribution in [-0.4, -0.2) is 43.1 Å². The molecule has 1 aromatic carbocycles. The second-order valence-electron chi connectivity index (χ2n) is 6.76. The molecule has 0 spiro atoms. The van der Waals surface area contributed by atoms with Gasteiger partial charge < -0.3 is 9.64 Å². The molecule has 1 fully saturated rings. The summed E-state index contributed by atoms with van der Waals surface area (Å²) < 4.78 is 41.8. The van der Waals surface area contributed by atoms with E-state index in [0.717, 1.165) is 5.69 Å². The van der Waals surface area contributed by atoms with Gasteiger partial charge in [0.1, 0.15) is 11.8 Å². The van der Waals surface area contributed by atoms with Crippen LogP contribution in [0.2, 0.25) is 0 Å². The van der Waals surface area contributed by atoms with Crippen molar-refractivity contribution < 1.29 is 22.7 Å². The highest BCUT2D eigenvalue weighted by Crippen LogP contribution is 2.23. The van der Waals surface area contributed by atoms with Crippen LogP contribution in [0.25, 0.3) is 0 Å². The van der Waals surface area contributed by atoms with Gasteiger partial charge in [-0.05, 0) is 51.5 Å². The zero-order valence-corrected chi connectivity index (χ0v) is 13.9. The maximum Gasteiger partial charge on any atom is 0.426 e. The summed E-state index contributed by atoms with van der Waals surface area (Å²) in [6.45, 7) is 6.45. The summed E-state index contributed by atoms with van der Waals surface area (Å²) in [5.41, 5.74) is 0.737. The van der Waals surface area contributed by atoms with Gasteiger partial charge in [-0.1, -0.05) is 0 Å². The Balaban J connectivity index is 1.97. The maximum atomic E-state index is 12.2. The van der Waals surface area contributed by atoms with Crippen LogP contribution in [0.4, 0.5) is 18.9 Å². The highest BCUT2D eigenvalue weighted by molar-refractivity contribution is 5.90. The molecule has 0 N–H and O–H groups in total. The predicted molar refractivity (Wildman–Crippen MR) is 86.8 cm³/mol. The average Bonchev–Trinajstić information content (AvgIpc) is 2.92. The smallest absolute Gasteiger partial charge is 0.426 e. The Bertz CT molecular complexity index is 604. The highest BCUT2D eigenvalue weighted by Gasteiger charge is 2.27. The van der Waals surface area contributed by atoms with Crippen molar-refractivity contribution in [2.45, 2.75) is 45.0 Å². The molecule has 7 heteroatoms. The van der Waals surface area contributed by atoms with Crippen molar-refractivity contribution in [3.8, 4) is 0 Å². The number of benzene rings is 1. The van der Waals surface area contributed by atoms with E-state index in [9.17, 15) is 18.0 Å². The molecular weight excluding hydrogens is 321 g/mol. The molecule has 1 aromatic rings. The zero-order valence-electron chi connectivity index (χ0n) is 13.9. The van der Waals surface area contributed by atoms with E-state index in [4.69, 9.17) is 4.74 Å². The first kappa shape index (κ1) is 18.3.